The number of hydrogen-bond donors (Lipinski definition) is 1. The van der Waals surface area contributed by atoms with Gasteiger partial charge >= 0.3 is 0 Å². The Morgan fingerprint density at radius 1 is 1.32 bits per heavy atom. The molecule has 0 radical (unpaired) electrons. The molecule has 0 aliphatic carbocycles. The van der Waals surface area contributed by atoms with Crippen LogP contribution in [-0.2, 0) is 9.53 Å². The Hall–Kier alpha value is -2.01. The molecule has 5 heteroatoms. The molecule has 1 amide bonds. The van der Waals surface area contributed by atoms with Crippen LogP contribution in [0.4, 0.5) is 0 Å². The van der Waals surface area contributed by atoms with Crippen LogP contribution in [0.5, 0.6) is 11.5 Å². The van der Waals surface area contributed by atoms with Crippen molar-refractivity contribution in [1.29, 1.82) is 0 Å². The van der Waals surface area contributed by atoms with E-state index in [4.69, 9.17) is 14.2 Å². The van der Waals surface area contributed by atoms with E-state index in [-0.39, 0.29) is 11.9 Å². The van der Waals surface area contributed by atoms with E-state index in [2.05, 4.69) is 5.32 Å². The third-order valence-corrected chi connectivity index (χ3v) is 3.06. The lowest BCUT2D eigenvalue weighted by atomic mass is 10.2. The van der Waals surface area contributed by atoms with Gasteiger partial charge in [0.15, 0.2) is 11.5 Å². The van der Waals surface area contributed by atoms with Crippen LogP contribution in [0.3, 0.4) is 0 Å². The molecule has 1 unspecified atom stereocenters. The number of methoxy groups -OCH3 is 2. The monoisotopic (exact) mass is 307 g/mol. The Kier molecular flexibility index (Phi) is 8.07. The predicted octanol–water partition coefficient (Wildman–Crippen LogP) is 2.65. The highest BCUT2D eigenvalue weighted by atomic mass is 16.5. The number of benzene rings is 1. The first-order chi connectivity index (χ1) is 10.6. The standard InChI is InChI=1S/C17H25NO4/c1-5-22-16-12-14(6-8-15(16)21-4)7-9-17(19)18-13(2)10-11-20-3/h6-9,12-13H,5,10-11H2,1-4H3,(H,18,19)/b9-7+. The Morgan fingerprint density at radius 3 is 2.73 bits per heavy atom. The number of nitrogens with one attached hydrogen (secondary N) is 1. The second-order valence-electron chi connectivity index (χ2n) is 4.87. The molecule has 0 saturated carbocycles. The van der Waals surface area contributed by atoms with Crippen molar-refractivity contribution in [2.75, 3.05) is 27.4 Å². The van der Waals surface area contributed by atoms with Crippen molar-refractivity contribution in [3.05, 3.63) is 29.8 Å². The van der Waals surface area contributed by atoms with E-state index in [1.807, 2.05) is 32.0 Å². The molecular formula is C17H25NO4. The highest BCUT2D eigenvalue weighted by molar-refractivity contribution is 5.91. The average molecular weight is 307 g/mol. The minimum absolute atomic E-state index is 0.0759. The summed E-state index contributed by atoms with van der Waals surface area (Å²) in [7, 11) is 3.25. The number of hydrogen-bond acceptors (Lipinski definition) is 4. The van der Waals surface area contributed by atoms with Gasteiger partial charge < -0.3 is 19.5 Å². The smallest absolute Gasteiger partial charge is 0.244 e. The van der Waals surface area contributed by atoms with E-state index in [9.17, 15) is 4.79 Å². The van der Waals surface area contributed by atoms with Crippen LogP contribution < -0.4 is 14.8 Å². The maximum Gasteiger partial charge on any atom is 0.244 e. The Balaban J connectivity index is 2.65. The predicted molar refractivity (Wildman–Crippen MR) is 87.3 cm³/mol. The lowest BCUT2D eigenvalue weighted by Gasteiger charge is -2.11. The van der Waals surface area contributed by atoms with E-state index in [0.29, 0.717) is 24.7 Å². The minimum Gasteiger partial charge on any atom is -0.493 e. The van der Waals surface area contributed by atoms with Crippen LogP contribution in [0.2, 0.25) is 0 Å². The van der Waals surface area contributed by atoms with Crippen LogP contribution in [-0.4, -0.2) is 39.4 Å². The summed E-state index contributed by atoms with van der Waals surface area (Å²) >= 11 is 0. The summed E-state index contributed by atoms with van der Waals surface area (Å²) in [4.78, 5) is 11.8. The van der Waals surface area contributed by atoms with Crippen molar-refractivity contribution < 1.29 is 19.0 Å². The van der Waals surface area contributed by atoms with Gasteiger partial charge in [0, 0.05) is 25.8 Å². The normalized spacial score (nSPS) is 12.2. The molecule has 0 heterocycles. The number of ether oxygens (including phenoxy) is 3. The first kappa shape index (κ1) is 18.0. The van der Waals surface area contributed by atoms with Crippen molar-refractivity contribution in [2.24, 2.45) is 0 Å². The minimum atomic E-state index is -0.127. The molecule has 1 N–H and O–H groups in total. The molecule has 22 heavy (non-hydrogen) atoms. The second-order valence-corrected chi connectivity index (χ2v) is 4.87. The van der Waals surface area contributed by atoms with E-state index >= 15 is 0 Å². The molecule has 1 aromatic carbocycles. The Labute approximate surface area is 132 Å². The van der Waals surface area contributed by atoms with Gasteiger partial charge in [-0.1, -0.05) is 6.07 Å². The zero-order valence-corrected chi connectivity index (χ0v) is 13.7. The summed E-state index contributed by atoms with van der Waals surface area (Å²) in [5.74, 6) is 1.22. The van der Waals surface area contributed by atoms with Crippen molar-refractivity contribution in [2.45, 2.75) is 26.3 Å². The van der Waals surface area contributed by atoms with Gasteiger partial charge in [-0.2, -0.15) is 0 Å². The maximum atomic E-state index is 11.8. The fraction of sp³-hybridized carbons (Fsp3) is 0.471. The molecule has 0 bridgehead atoms. The van der Waals surface area contributed by atoms with Crippen LogP contribution in [0, 0.1) is 0 Å². The average Bonchev–Trinajstić information content (AvgIpc) is 2.51. The zero-order chi connectivity index (χ0) is 16.4. The van der Waals surface area contributed by atoms with E-state index in [1.165, 1.54) is 6.08 Å². The van der Waals surface area contributed by atoms with Crippen molar-refractivity contribution in [3.63, 3.8) is 0 Å². The molecule has 0 spiro atoms. The van der Waals surface area contributed by atoms with Gasteiger partial charge in [-0.15, -0.1) is 0 Å². The van der Waals surface area contributed by atoms with E-state index in [0.717, 1.165) is 12.0 Å². The van der Waals surface area contributed by atoms with Crippen molar-refractivity contribution in [3.8, 4) is 11.5 Å². The molecule has 0 aromatic heterocycles. The lowest BCUT2D eigenvalue weighted by Crippen LogP contribution is -2.31. The lowest BCUT2D eigenvalue weighted by molar-refractivity contribution is -0.117. The highest BCUT2D eigenvalue weighted by Gasteiger charge is 2.06. The van der Waals surface area contributed by atoms with Crippen LogP contribution in [0.1, 0.15) is 25.8 Å². The van der Waals surface area contributed by atoms with Gasteiger partial charge in [-0.3, -0.25) is 4.79 Å². The van der Waals surface area contributed by atoms with E-state index < -0.39 is 0 Å². The highest BCUT2D eigenvalue weighted by Crippen LogP contribution is 2.28. The summed E-state index contributed by atoms with van der Waals surface area (Å²) in [6.45, 7) is 5.05. The fourth-order valence-electron chi connectivity index (χ4n) is 1.89. The molecule has 1 aromatic rings. The topological polar surface area (TPSA) is 56.8 Å². The third-order valence-electron chi connectivity index (χ3n) is 3.06. The van der Waals surface area contributed by atoms with Gasteiger partial charge in [0.05, 0.1) is 13.7 Å². The van der Waals surface area contributed by atoms with Crippen molar-refractivity contribution in [1.82, 2.24) is 5.32 Å². The zero-order valence-electron chi connectivity index (χ0n) is 13.7. The summed E-state index contributed by atoms with van der Waals surface area (Å²) in [5, 5.41) is 2.89. The summed E-state index contributed by atoms with van der Waals surface area (Å²) in [6, 6.07) is 5.62. The quantitative estimate of drug-likeness (QED) is 0.713. The summed E-state index contributed by atoms with van der Waals surface area (Å²) in [5.41, 5.74) is 0.879. The molecule has 122 valence electrons. The third kappa shape index (κ3) is 6.18. The van der Waals surface area contributed by atoms with Crippen molar-refractivity contribution >= 4 is 12.0 Å². The second kappa shape index (κ2) is 9.84. The number of amides is 1. The fourth-order valence-corrected chi connectivity index (χ4v) is 1.89. The number of carbonyl (C=O) groups excluding carboxylic acids is 1. The van der Waals surface area contributed by atoms with Gasteiger partial charge in [0.25, 0.3) is 0 Å². The largest absolute Gasteiger partial charge is 0.493 e. The molecule has 0 aliphatic heterocycles. The van der Waals surface area contributed by atoms with Gasteiger partial charge in [0.1, 0.15) is 0 Å². The van der Waals surface area contributed by atoms with Crippen LogP contribution in [0.15, 0.2) is 24.3 Å². The van der Waals surface area contributed by atoms with Crippen LogP contribution in [0.25, 0.3) is 6.08 Å². The SMILES string of the molecule is CCOc1cc(/C=C/C(=O)NC(C)CCOC)ccc1OC. The first-order valence-corrected chi connectivity index (χ1v) is 7.39. The Bertz CT molecular complexity index is 499. The number of rotatable bonds is 9. The van der Waals surface area contributed by atoms with Gasteiger partial charge in [0.2, 0.25) is 5.91 Å². The molecule has 1 atom stereocenters. The first-order valence-electron chi connectivity index (χ1n) is 7.39. The number of carbonyl (C=O) groups is 1. The molecule has 0 fully saturated rings. The summed E-state index contributed by atoms with van der Waals surface area (Å²) in [6.07, 6.45) is 4.05. The molecule has 1 rings (SSSR count). The van der Waals surface area contributed by atoms with Crippen LogP contribution >= 0.6 is 0 Å². The van der Waals surface area contributed by atoms with Gasteiger partial charge in [-0.05, 0) is 44.0 Å². The molecule has 0 aliphatic rings. The van der Waals surface area contributed by atoms with Gasteiger partial charge in [-0.25, -0.2) is 0 Å². The maximum absolute atomic E-state index is 11.8. The van der Waals surface area contributed by atoms with E-state index in [1.54, 1.807) is 20.3 Å². The Morgan fingerprint density at radius 2 is 2.09 bits per heavy atom. The molecule has 0 saturated heterocycles. The summed E-state index contributed by atoms with van der Waals surface area (Å²) < 4.78 is 15.7. The molecule has 5 nitrogen and oxygen atoms in total. The molecular weight excluding hydrogens is 282 g/mol.